The Balaban J connectivity index is 3.03. The minimum absolute atomic E-state index is 0.394. The van der Waals surface area contributed by atoms with Gasteiger partial charge in [-0.25, -0.2) is 30.7 Å². The molecule has 1 aromatic carbocycles. The van der Waals surface area contributed by atoms with E-state index in [9.17, 15) is 26.0 Å². The molecule has 7 nitrogen and oxygen atoms in total. The number of benzene rings is 1. The summed E-state index contributed by atoms with van der Waals surface area (Å²) in [5.41, 5.74) is -0.394. The number of halogens is 1. The molecular formula is C10H12FNO6S2. The van der Waals surface area contributed by atoms with Crippen molar-refractivity contribution in [3.05, 3.63) is 29.6 Å². The molecule has 10 heteroatoms. The van der Waals surface area contributed by atoms with Gasteiger partial charge < -0.3 is 5.11 Å². The van der Waals surface area contributed by atoms with Crippen molar-refractivity contribution < 1.29 is 31.1 Å². The topological polar surface area (TPSA) is 118 Å². The lowest BCUT2D eigenvalue weighted by molar-refractivity contribution is 0.0696. The molecule has 1 aromatic rings. The molecule has 0 aliphatic rings. The monoisotopic (exact) mass is 325 g/mol. The van der Waals surface area contributed by atoms with Crippen molar-refractivity contribution in [2.75, 3.05) is 18.6 Å². The van der Waals surface area contributed by atoms with E-state index in [-0.39, 0.29) is 0 Å². The summed E-state index contributed by atoms with van der Waals surface area (Å²) in [6.07, 6.45) is 0.924. The van der Waals surface area contributed by atoms with Crippen molar-refractivity contribution in [1.82, 2.24) is 4.72 Å². The quantitative estimate of drug-likeness (QED) is 0.751. The normalized spacial score (nSPS) is 12.3. The average molecular weight is 325 g/mol. The first kappa shape index (κ1) is 16.5. The Hall–Kier alpha value is -1.52. The molecule has 0 saturated carbocycles. The predicted octanol–water partition coefficient (Wildman–Crippen LogP) is -0.153. The maximum absolute atomic E-state index is 13.5. The zero-order chi connectivity index (χ0) is 15.6. The summed E-state index contributed by atoms with van der Waals surface area (Å²) in [4.78, 5) is 9.88. The molecular weight excluding hydrogens is 313 g/mol. The first-order valence-corrected chi connectivity index (χ1v) is 8.77. The fourth-order valence-electron chi connectivity index (χ4n) is 1.28. The Morgan fingerprint density at radius 2 is 1.90 bits per heavy atom. The summed E-state index contributed by atoms with van der Waals surface area (Å²) in [6.45, 7) is -0.433. The van der Waals surface area contributed by atoms with Crippen LogP contribution in [0.5, 0.6) is 0 Å². The molecule has 0 fully saturated rings. The lowest BCUT2D eigenvalue weighted by atomic mass is 10.2. The van der Waals surface area contributed by atoms with E-state index in [1.807, 2.05) is 4.72 Å². The molecule has 0 unspecified atom stereocenters. The molecule has 0 amide bonds. The number of rotatable bonds is 6. The number of carboxylic acids is 1. The van der Waals surface area contributed by atoms with Gasteiger partial charge in [0.2, 0.25) is 10.0 Å². The van der Waals surface area contributed by atoms with E-state index >= 15 is 0 Å². The second-order valence-electron chi connectivity index (χ2n) is 3.98. The Morgan fingerprint density at radius 3 is 2.40 bits per heavy atom. The van der Waals surface area contributed by atoms with E-state index in [4.69, 9.17) is 5.11 Å². The molecule has 112 valence electrons. The highest BCUT2D eigenvalue weighted by Crippen LogP contribution is 2.16. The molecule has 0 saturated heterocycles. The van der Waals surface area contributed by atoms with Crippen LogP contribution < -0.4 is 4.72 Å². The number of aromatic carboxylic acids is 1. The van der Waals surface area contributed by atoms with Gasteiger partial charge in [0.1, 0.15) is 20.5 Å². The Labute approximate surface area is 115 Å². The lowest BCUT2D eigenvalue weighted by Crippen LogP contribution is -2.29. The van der Waals surface area contributed by atoms with Gasteiger partial charge in [-0.3, -0.25) is 0 Å². The zero-order valence-corrected chi connectivity index (χ0v) is 12.0. The Morgan fingerprint density at radius 1 is 1.30 bits per heavy atom. The molecule has 0 aliphatic heterocycles. The van der Waals surface area contributed by atoms with Gasteiger partial charge in [-0.2, -0.15) is 0 Å². The van der Waals surface area contributed by atoms with Crippen LogP contribution in [0.3, 0.4) is 0 Å². The number of sulfonamides is 1. The Bertz CT molecular complexity index is 726. The summed E-state index contributed by atoms with van der Waals surface area (Å²) in [5, 5.41) is 8.73. The second kappa shape index (κ2) is 5.85. The van der Waals surface area contributed by atoms with Crippen LogP contribution in [-0.2, 0) is 19.9 Å². The lowest BCUT2D eigenvalue weighted by Gasteiger charge is -2.08. The molecule has 0 spiro atoms. The van der Waals surface area contributed by atoms with Crippen molar-refractivity contribution >= 4 is 25.8 Å². The summed E-state index contributed by atoms with van der Waals surface area (Å²) in [7, 11) is -7.70. The summed E-state index contributed by atoms with van der Waals surface area (Å²) < 4.78 is 60.7. The summed E-state index contributed by atoms with van der Waals surface area (Å²) >= 11 is 0. The van der Waals surface area contributed by atoms with Crippen LogP contribution in [0.25, 0.3) is 0 Å². The van der Waals surface area contributed by atoms with E-state index in [1.165, 1.54) is 0 Å². The van der Waals surface area contributed by atoms with Crippen molar-refractivity contribution in [2.24, 2.45) is 0 Å². The van der Waals surface area contributed by atoms with E-state index in [1.54, 1.807) is 0 Å². The van der Waals surface area contributed by atoms with Gasteiger partial charge in [0.25, 0.3) is 0 Å². The second-order valence-corrected chi connectivity index (χ2v) is 7.97. The van der Waals surface area contributed by atoms with E-state index in [2.05, 4.69) is 0 Å². The molecule has 0 bridgehead atoms. The highest BCUT2D eigenvalue weighted by atomic mass is 32.2. The van der Waals surface area contributed by atoms with Gasteiger partial charge in [0.05, 0.1) is 11.3 Å². The van der Waals surface area contributed by atoms with Crippen molar-refractivity contribution in [3.63, 3.8) is 0 Å². The number of hydrogen-bond donors (Lipinski definition) is 2. The minimum Gasteiger partial charge on any atom is -0.478 e. The fraction of sp³-hybridized carbons (Fsp3) is 0.300. The van der Waals surface area contributed by atoms with Crippen molar-refractivity contribution in [2.45, 2.75) is 4.90 Å². The van der Waals surface area contributed by atoms with Gasteiger partial charge in [0.15, 0.2) is 0 Å². The SMILES string of the molecule is CS(=O)(=O)CCNS(=O)(=O)c1cc(C(=O)O)ccc1F. The van der Waals surface area contributed by atoms with Gasteiger partial charge in [-0.1, -0.05) is 0 Å². The third kappa shape index (κ3) is 4.54. The zero-order valence-electron chi connectivity index (χ0n) is 10.3. The first-order chi connectivity index (χ1) is 9.03. The number of hydrogen-bond acceptors (Lipinski definition) is 5. The van der Waals surface area contributed by atoms with Crippen LogP contribution in [0.4, 0.5) is 4.39 Å². The largest absolute Gasteiger partial charge is 0.478 e. The van der Waals surface area contributed by atoms with Gasteiger partial charge >= 0.3 is 5.97 Å². The third-order valence-corrected chi connectivity index (χ3v) is 4.65. The smallest absolute Gasteiger partial charge is 0.335 e. The van der Waals surface area contributed by atoms with Crippen LogP contribution in [0.15, 0.2) is 23.1 Å². The summed E-state index contributed by atoms with van der Waals surface area (Å²) in [5.74, 6) is -2.98. The molecule has 1 rings (SSSR count). The molecule has 2 N–H and O–H groups in total. The molecule has 0 radical (unpaired) electrons. The van der Waals surface area contributed by atoms with Crippen LogP contribution >= 0.6 is 0 Å². The van der Waals surface area contributed by atoms with Crippen LogP contribution in [-0.4, -0.2) is 46.5 Å². The maximum atomic E-state index is 13.5. The molecule has 0 heterocycles. The number of nitrogens with one attached hydrogen (secondary N) is 1. The highest BCUT2D eigenvalue weighted by Gasteiger charge is 2.21. The first-order valence-electron chi connectivity index (χ1n) is 5.23. The van der Waals surface area contributed by atoms with Crippen molar-refractivity contribution in [1.29, 1.82) is 0 Å². The van der Waals surface area contributed by atoms with E-state index < -0.39 is 54.4 Å². The highest BCUT2D eigenvalue weighted by molar-refractivity contribution is 7.91. The van der Waals surface area contributed by atoms with Crippen LogP contribution in [0.1, 0.15) is 10.4 Å². The van der Waals surface area contributed by atoms with E-state index in [0.29, 0.717) is 12.1 Å². The maximum Gasteiger partial charge on any atom is 0.335 e. The van der Waals surface area contributed by atoms with E-state index in [0.717, 1.165) is 12.3 Å². The summed E-state index contributed by atoms with van der Waals surface area (Å²) in [6, 6.07) is 2.31. The standard InChI is InChI=1S/C10H12FNO6S2/c1-19(15,16)5-4-12-20(17,18)9-6-7(10(13)14)2-3-8(9)11/h2-3,6,12H,4-5H2,1H3,(H,13,14). The number of sulfone groups is 1. The number of carbonyl (C=O) groups is 1. The third-order valence-electron chi connectivity index (χ3n) is 2.23. The fourth-order valence-corrected chi connectivity index (χ4v) is 3.02. The van der Waals surface area contributed by atoms with Crippen LogP contribution in [0.2, 0.25) is 0 Å². The molecule has 0 aromatic heterocycles. The minimum atomic E-state index is -4.32. The molecule has 0 aliphatic carbocycles. The van der Waals surface area contributed by atoms with Gasteiger partial charge in [0, 0.05) is 12.8 Å². The average Bonchev–Trinajstić information content (AvgIpc) is 2.26. The Kier molecular flexibility index (Phi) is 4.84. The van der Waals surface area contributed by atoms with Gasteiger partial charge in [-0.15, -0.1) is 0 Å². The van der Waals surface area contributed by atoms with Crippen LogP contribution in [0, 0.1) is 5.82 Å². The molecule has 0 atom stereocenters. The predicted molar refractivity (Wildman–Crippen MR) is 68.3 cm³/mol. The molecule has 20 heavy (non-hydrogen) atoms. The number of carboxylic acid groups (broad SMARTS) is 1. The van der Waals surface area contributed by atoms with Crippen molar-refractivity contribution in [3.8, 4) is 0 Å². The van der Waals surface area contributed by atoms with Gasteiger partial charge in [-0.05, 0) is 18.2 Å².